The van der Waals surface area contributed by atoms with Crippen molar-refractivity contribution in [1.29, 1.82) is 0 Å². The van der Waals surface area contributed by atoms with Crippen LogP contribution < -0.4 is 0 Å². The SMILES string of the molecule is O=C(O)Cc1ccc(-c2ccc(F)cc2F)cc1. The minimum absolute atomic E-state index is 0.0772. The molecule has 2 nitrogen and oxygen atoms in total. The molecule has 0 saturated carbocycles. The summed E-state index contributed by atoms with van der Waals surface area (Å²) in [5.74, 6) is -2.18. The summed E-state index contributed by atoms with van der Waals surface area (Å²) in [5, 5.41) is 8.63. The second kappa shape index (κ2) is 4.96. The van der Waals surface area contributed by atoms with Gasteiger partial charge >= 0.3 is 5.97 Å². The highest BCUT2D eigenvalue weighted by Crippen LogP contribution is 2.23. The van der Waals surface area contributed by atoms with E-state index in [9.17, 15) is 13.6 Å². The molecule has 0 atom stereocenters. The molecule has 0 aliphatic carbocycles. The number of carboxylic acids is 1. The predicted molar refractivity (Wildman–Crippen MR) is 63.1 cm³/mol. The molecule has 0 bridgehead atoms. The lowest BCUT2D eigenvalue weighted by Crippen LogP contribution is -1.99. The Labute approximate surface area is 103 Å². The first-order chi connectivity index (χ1) is 8.56. The van der Waals surface area contributed by atoms with Crippen LogP contribution in [-0.4, -0.2) is 11.1 Å². The van der Waals surface area contributed by atoms with Crippen LogP contribution in [0, 0.1) is 11.6 Å². The Kier molecular flexibility index (Phi) is 3.37. The number of benzene rings is 2. The first-order valence-electron chi connectivity index (χ1n) is 5.32. The number of carboxylic acid groups (broad SMARTS) is 1. The Morgan fingerprint density at radius 2 is 1.72 bits per heavy atom. The van der Waals surface area contributed by atoms with Crippen LogP contribution in [0.3, 0.4) is 0 Å². The fraction of sp³-hybridized carbons (Fsp3) is 0.0714. The first kappa shape index (κ1) is 12.2. The average molecular weight is 248 g/mol. The molecule has 0 saturated heterocycles. The van der Waals surface area contributed by atoms with E-state index in [4.69, 9.17) is 5.11 Å². The Morgan fingerprint density at radius 3 is 2.28 bits per heavy atom. The summed E-state index contributed by atoms with van der Waals surface area (Å²) < 4.78 is 26.3. The van der Waals surface area contributed by atoms with Crippen LogP contribution >= 0.6 is 0 Å². The maximum absolute atomic E-state index is 13.5. The van der Waals surface area contributed by atoms with Crippen LogP contribution in [0.5, 0.6) is 0 Å². The molecular weight excluding hydrogens is 238 g/mol. The standard InChI is InChI=1S/C14H10F2O2/c15-11-5-6-12(13(16)8-11)10-3-1-9(2-4-10)7-14(17)18/h1-6,8H,7H2,(H,17,18). The summed E-state index contributed by atoms with van der Waals surface area (Å²) in [5.41, 5.74) is 1.51. The van der Waals surface area contributed by atoms with E-state index in [0.29, 0.717) is 16.7 Å². The van der Waals surface area contributed by atoms with E-state index >= 15 is 0 Å². The second-order valence-electron chi connectivity index (χ2n) is 3.89. The summed E-state index contributed by atoms with van der Waals surface area (Å²) in [6.45, 7) is 0. The fourth-order valence-corrected chi connectivity index (χ4v) is 1.70. The number of carbonyl (C=O) groups is 1. The van der Waals surface area contributed by atoms with Crippen molar-refractivity contribution in [1.82, 2.24) is 0 Å². The number of hydrogen-bond acceptors (Lipinski definition) is 1. The highest BCUT2D eigenvalue weighted by Gasteiger charge is 2.07. The zero-order chi connectivity index (χ0) is 13.1. The highest BCUT2D eigenvalue weighted by molar-refractivity contribution is 5.71. The Morgan fingerprint density at radius 1 is 1.06 bits per heavy atom. The molecule has 0 fully saturated rings. The molecule has 18 heavy (non-hydrogen) atoms. The summed E-state index contributed by atoms with van der Waals surface area (Å²) >= 11 is 0. The van der Waals surface area contributed by atoms with Crippen molar-refractivity contribution in [3.8, 4) is 11.1 Å². The minimum atomic E-state index is -0.921. The molecule has 2 aromatic rings. The molecule has 0 radical (unpaired) electrons. The van der Waals surface area contributed by atoms with Crippen molar-refractivity contribution < 1.29 is 18.7 Å². The summed E-state index contributed by atoms with van der Waals surface area (Å²) in [6.07, 6.45) is -0.0772. The largest absolute Gasteiger partial charge is 0.481 e. The van der Waals surface area contributed by atoms with Crippen molar-refractivity contribution in [2.75, 3.05) is 0 Å². The monoisotopic (exact) mass is 248 g/mol. The first-order valence-corrected chi connectivity index (χ1v) is 5.32. The van der Waals surface area contributed by atoms with Gasteiger partial charge in [0.05, 0.1) is 6.42 Å². The van der Waals surface area contributed by atoms with Gasteiger partial charge in [-0.15, -0.1) is 0 Å². The van der Waals surface area contributed by atoms with Crippen LogP contribution in [-0.2, 0) is 11.2 Å². The Hall–Kier alpha value is -2.23. The van der Waals surface area contributed by atoms with Gasteiger partial charge in [-0.1, -0.05) is 24.3 Å². The van der Waals surface area contributed by atoms with Gasteiger partial charge in [-0.05, 0) is 23.3 Å². The van der Waals surface area contributed by atoms with Crippen LogP contribution in [0.25, 0.3) is 11.1 Å². The zero-order valence-corrected chi connectivity index (χ0v) is 9.36. The maximum atomic E-state index is 13.5. The van der Waals surface area contributed by atoms with Crippen molar-refractivity contribution in [3.05, 3.63) is 59.7 Å². The minimum Gasteiger partial charge on any atom is -0.481 e. The van der Waals surface area contributed by atoms with E-state index in [1.807, 2.05) is 0 Å². The van der Waals surface area contributed by atoms with E-state index in [0.717, 1.165) is 6.07 Å². The highest BCUT2D eigenvalue weighted by atomic mass is 19.1. The van der Waals surface area contributed by atoms with Gasteiger partial charge in [0, 0.05) is 11.6 Å². The van der Waals surface area contributed by atoms with Crippen LogP contribution in [0.15, 0.2) is 42.5 Å². The lowest BCUT2D eigenvalue weighted by Gasteiger charge is -2.04. The van der Waals surface area contributed by atoms with Gasteiger partial charge in [0.15, 0.2) is 0 Å². The van der Waals surface area contributed by atoms with Gasteiger partial charge in [-0.3, -0.25) is 4.79 Å². The molecule has 0 aromatic heterocycles. The second-order valence-corrected chi connectivity index (χ2v) is 3.89. The molecular formula is C14H10F2O2. The normalized spacial score (nSPS) is 10.3. The van der Waals surface area contributed by atoms with Gasteiger partial charge < -0.3 is 5.11 Å². The van der Waals surface area contributed by atoms with Crippen LogP contribution in [0.4, 0.5) is 8.78 Å². The van der Waals surface area contributed by atoms with E-state index in [2.05, 4.69) is 0 Å². The van der Waals surface area contributed by atoms with Crippen LogP contribution in [0.1, 0.15) is 5.56 Å². The molecule has 0 amide bonds. The Bertz CT molecular complexity index is 577. The molecule has 0 unspecified atom stereocenters. The number of halogens is 2. The third-order valence-electron chi connectivity index (χ3n) is 2.55. The maximum Gasteiger partial charge on any atom is 0.307 e. The molecule has 1 N–H and O–H groups in total. The average Bonchev–Trinajstić information content (AvgIpc) is 2.30. The summed E-state index contributed by atoms with van der Waals surface area (Å²) in [4.78, 5) is 10.5. The molecule has 2 aromatic carbocycles. The molecule has 0 spiro atoms. The summed E-state index contributed by atoms with van der Waals surface area (Å²) in [7, 11) is 0. The van der Waals surface area contributed by atoms with E-state index in [1.165, 1.54) is 12.1 Å². The number of hydrogen-bond donors (Lipinski definition) is 1. The smallest absolute Gasteiger partial charge is 0.307 e. The van der Waals surface area contributed by atoms with Crippen molar-refractivity contribution in [2.24, 2.45) is 0 Å². The van der Waals surface area contributed by atoms with E-state index in [1.54, 1.807) is 24.3 Å². The van der Waals surface area contributed by atoms with Gasteiger partial charge in [-0.25, -0.2) is 8.78 Å². The summed E-state index contributed by atoms with van der Waals surface area (Å²) in [6, 6.07) is 9.84. The molecule has 92 valence electrons. The third-order valence-corrected chi connectivity index (χ3v) is 2.55. The van der Waals surface area contributed by atoms with Gasteiger partial charge in [0.2, 0.25) is 0 Å². The van der Waals surface area contributed by atoms with Crippen molar-refractivity contribution >= 4 is 5.97 Å². The molecule has 0 aliphatic rings. The van der Waals surface area contributed by atoms with E-state index < -0.39 is 17.6 Å². The molecule has 0 aliphatic heterocycles. The fourth-order valence-electron chi connectivity index (χ4n) is 1.70. The molecule has 2 rings (SSSR count). The van der Waals surface area contributed by atoms with Crippen molar-refractivity contribution in [2.45, 2.75) is 6.42 Å². The topological polar surface area (TPSA) is 37.3 Å². The third kappa shape index (κ3) is 2.71. The molecule has 4 heteroatoms. The lowest BCUT2D eigenvalue weighted by molar-refractivity contribution is -0.136. The quantitative estimate of drug-likeness (QED) is 0.905. The number of aliphatic carboxylic acids is 1. The van der Waals surface area contributed by atoms with Gasteiger partial charge in [-0.2, -0.15) is 0 Å². The zero-order valence-electron chi connectivity index (χ0n) is 9.36. The lowest BCUT2D eigenvalue weighted by atomic mass is 10.0. The van der Waals surface area contributed by atoms with Crippen LogP contribution in [0.2, 0.25) is 0 Å². The van der Waals surface area contributed by atoms with Crippen molar-refractivity contribution in [3.63, 3.8) is 0 Å². The Balaban J connectivity index is 2.31. The predicted octanol–water partition coefficient (Wildman–Crippen LogP) is 3.26. The van der Waals surface area contributed by atoms with Gasteiger partial charge in [0.1, 0.15) is 11.6 Å². The van der Waals surface area contributed by atoms with Gasteiger partial charge in [0.25, 0.3) is 0 Å². The molecule has 0 heterocycles. The number of rotatable bonds is 3. The van der Waals surface area contributed by atoms with E-state index in [-0.39, 0.29) is 6.42 Å².